The number of carbonyl (C=O) groups excluding carboxylic acids is 1. The molecule has 1 heterocycles. The highest BCUT2D eigenvalue weighted by Gasteiger charge is 2.05. The van der Waals surface area contributed by atoms with Crippen molar-refractivity contribution in [3.63, 3.8) is 0 Å². The molecule has 0 saturated heterocycles. The number of nitrogens with zero attached hydrogens (tertiary/aromatic N) is 1. The Labute approximate surface area is 113 Å². The molecule has 1 N–H and O–H groups in total. The molecular formula is C13H13BrN2O2. The second-order valence-electron chi connectivity index (χ2n) is 4.01. The van der Waals surface area contributed by atoms with E-state index in [-0.39, 0.29) is 5.91 Å². The van der Waals surface area contributed by atoms with Crippen LogP contribution in [0.25, 0.3) is 0 Å². The molecule has 0 bridgehead atoms. The van der Waals surface area contributed by atoms with E-state index in [9.17, 15) is 4.79 Å². The number of aromatic nitrogens is 1. The summed E-state index contributed by atoms with van der Waals surface area (Å²) in [6.45, 7) is 2.22. The van der Waals surface area contributed by atoms with Gasteiger partial charge in [0.15, 0.2) is 0 Å². The van der Waals surface area contributed by atoms with Gasteiger partial charge in [0.25, 0.3) is 0 Å². The molecule has 0 unspecified atom stereocenters. The fourth-order valence-electron chi connectivity index (χ4n) is 1.54. The summed E-state index contributed by atoms with van der Waals surface area (Å²) in [6, 6.07) is 9.49. The van der Waals surface area contributed by atoms with Crippen LogP contribution in [-0.2, 0) is 17.8 Å². The smallest absolute Gasteiger partial charge is 0.224 e. The average molecular weight is 309 g/mol. The van der Waals surface area contributed by atoms with Crippen LogP contribution >= 0.6 is 15.9 Å². The van der Waals surface area contributed by atoms with Crippen molar-refractivity contribution in [1.82, 2.24) is 10.5 Å². The van der Waals surface area contributed by atoms with Crippen molar-refractivity contribution in [1.29, 1.82) is 0 Å². The van der Waals surface area contributed by atoms with Crippen LogP contribution in [0.1, 0.15) is 17.0 Å². The molecule has 2 aromatic rings. The summed E-state index contributed by atoms with van der Waals surface area (Å²) in [5.74, 6) is 0.713. The zero-order chi connectivity index (χ0) is 13.0. The van der Waals surface area contributed by atoms with Crippen LogP contribution < -0.4 is 5.32 Å². The first-order valence-electron chi connectivity index (χ1n) is 5.57. The average Bonchev–Trinajstić information content (AvgIpc) is 2.76. The largest absolute Gasteiger partial charge is 0.361 e. The van der Waals surface area contributed by atoms with E-state index in [2.05, 4.69) is 26.4 Å². The van der Waals surface area contributed by atoms with Crippen molar-refractivity contribution >= 4 is 21.8 Å². The van der Waals surface area contributed by atoms with Crippen LogP contribution in [0, 0.1) is 6.92 Å². The van der Waals surface area contributed by atoms with Crippen molar-refractivity contribution in [3.8, 4) is 0 Å². The monoisotopic (exact) mass is 308 g/mol. The van der Waals surface area contributed by atoms with E-state index in [0.29, 0.717) is 13.0 Å². The molecule has 18 heavy (non-hydrogen) atoms. The molecule has 2 rings (SSSR count). The van der Waals surface area contributed by atoms with Gasteiger partial charge >= 0.3 is 0 Å². The number of rotatable bonds is 4. The van der Waals surface area contributed by atoms with Gasteiger partial charge in [-0.15, -0.1) is 0 Å². The number of aryl methyl sites for hydroxylation is 1. The molecule has 1 aromatic carbocycles. The quantitative estimate of drug-likeness (QED) is 0.944. The topological polar surface area (TPSA) is 55.1 Å². The third-order valence-electron chi connectivity index (χ3n) is 2.42. The van der Waals surface area contributed by atoms with E-state index in [1.165, 1.54) is 0 Å². The number of hydrogen-bond donors (Lipinski definition) is 1. The van der Waals surface area contributed by atoms with Crippen molar-refractivity contribution in [3.05, 3.63) is 51.8 Å². The third kappa shape index (κ3) is 3.70. The van der Waals surface area contributed by atoms with Crippen LogP contribution in [-0.4, -0.2) is 11.1 Å². The summed E-state index contributed by atoms with van der Waals surface area (Å²) in [5.41, 5.74) is 1.71. The molecule has 0 fully saturated rings. The highest BCUT2D eigenvalue weighted by atomic mass is 79.9. The Bertz CT molecular complexity index is 534. The van der Waals surface area contributed by atoms with Gasteiger partial charge < -0.3 is 9.84 Å². The van der Waals surface area contributed by atoms with Crippen molar-refractivity contribution in [2.45, 2.75) is 19.9 Å². The minimum Gasteiger partial charge on any atom is -0.361 e. The molecule has 94 valence electrons. The molecule has 0 aliphatic heterocycles. The predicted molar refractivity (Wildman–Crippen MR) is 70.9 cm³/mol. The van der Waals surface area contributed by atoms with E-state index >= 15 is 0 Å². The predicted octanol–water partition coefficient (Wildman–Crippen LogP) is 2.60. The maximum absolute atomic E-state index is 11.7. The first-order chi connectivity index (χ1) is 8.63. The third-order valence-corrected chi connectivity index (χ3v) is 2.95. The minimum absolute atomic E-state index is 0.0297. The summed E-state index contributed by atoms with van der Waals surface area (Å²) in [7, 11) is 0. The molecule has 4 nitrogen and oxygen atoms in total. The minimum atomic E-state index is -0.0297. The normalized spacial score (nSPS) is 10.3. The molecule has 0 atom stereocenters. The number of nitrogens with one attached hydrogen (secondary N) is 1. The summed E-state index contributed by atoms with van der Waals surface area (Å²) in [4.78, 5) is 11.7. The first-order valence-corrected chi connectivity index (χ1v) is 6.36. The lowest BCUT2D eigenvalue weighted by Crippen LogP contribution is -2.24. The van der Waals surface area contributed by atoms with Gasteiger partial charge in [0.2, 0.25) is 5.91 Å². The van der Waals surface area contributed by atoms with Crippen LogP contribution in [0.3, 0.4) is 0 Å². The number of benzene rings is 1. The molecule has 0 aliphatic carbocycles. The Hall–Kier alpha value is -1.62. The van der Waals surface area contributed by atoms with E-state index in [0.717, 1.165) is 21.5 Å². The number of amides is 1. The van der Waals surface area contributed by atoms with Crippen LogP contribution in [0.2, 0.25) is 0 Å². The highest BCUT2D eigenvalue weighted by Crippen LogP contribution is 2.10. The summed E-state index contributed by atoms with van der Waals surface area (Å²) >= 11 is 3.36. The molecule has 0 saturated carbocycles. The Balaban J connectivity index is 1.83. The van der Waals surface area contributed by atoms with Gasteiger partial charge in [-0.05, 0) is 24.6 Å². The molecule has 0 aliphatic rings. The van der Waals surface area contributed by atoms with Gasteiger partial charge in [0.1, 0.15) is 11.5 Å². The van der Waals surface area contributed by atoms with Crippen molar-refractivity contribution in [2.24, 2.45) is 0 Å². The van der Waals surface area contributed by atoms with Crippen molar-refractivity contribution in [2.75, 3.05) is 0 Å². The second-order valence-corrected chi connectivity index (χ2v) is 4.92. The first kappa shape index (κ1) is 12.8. The summed E-state index contributed by atoms with van der Waals surface area (Å²) in [5, 5.41) is 6.61. The van der Waals surface area contributed by atoms with Gasteiger partial charge in [0, 0.05) is 10.5 Å². The number of hydrogen-bond acceptors (Lipinski definition) is 3. The maximum atomic E-state index is 11.7. The van der Waals surface area contributed by atoms with Gasteiger partial charge in [-0.3, -0.25) is 4.79 Å². The Morgan fingerprint density at radius 2 is 2.11 bits per heavy atom. The van der Waals surface area contributed by atoms with E-state index in [1.807, 2.05) is 31.2 Å². The summed E-state index contributed by atoms with van der Waals surface area (Å²) < 4.78 is 5.93. The summed E-state index contributed by atoms with van der Waals surface area (Å²) in [6.07, 6.45) is 0.365. The van der Waals surface area contributed by atoms with Gasteiger partial charge in [-0.1, -0.05) is 33.2 Å². The zero-order valence-electron chi connectivity index (χ0n) is 9.94. The lowest BCUT2D eigenvalue weighted by molar-refractivity contribution is -0.120. The maximum Gasteiger partial charge on any atom is 0.224 e. The molecule has 0 radical (unpaired) electrons. The lowest BCUT2D eigenvalue weighted by atomic mass is 10.1. The Morgan fingerprint density at radius 1 is 1.39 bits per heavy atom. The zero-order valence-corrected chi connectivity index (χ0v) is 11.5. The van der Waals surface area contributed by atoms with E-state index in [4.69, 9.17) is 4.52 Å². The fraction of sp³-hybridized carbons (Fsp3) is 0.231. The lowest BCUT2D eigenvalue weighted by Gasteiger charge is -2.03. The van der Waals surface area contributed by atoms with Crippen LogP contribution in [0.15, 0.2) is 39.3 Å². The van der Waals surface area contributed by atoms with Gasteiger partial charge in [0.05, 0.1) is 13.0 Å². The molecule has 5 heteroatoms. The number of halogens is 1. The molecule has 1 amide bonds. The molecular weight excluding hydrogens is 296 g/mol. The standard InChI is InChI=1S/C13H13BrN2O2/c1-9-6-12(16-18-9)8-15-13(17)7-10-2-4-11(14)5-3-10/h2-6H,7-8H2,1H3,(H,15,17). The highest BCUT2D eigenvalue weighted by molar-refractivity contribution is 9.10. The SMILES string of the molecule is Cc1cc(CNC(=O)Cc2ccc(Br)cc2)no1. The Morgan fingerprint density at radius 3 is 2.72 bits per heavy atom. The van der Waals surface area contributed by atoms with Gasteiger partial charge in [-0.2, -0.15) is 0 Å². The van der Waals surface area contributed by atoms with Gasteiger partial charge in [-0.25, -0.2) is 0 Å². The molecule has 0 spiro atoms. The number of carbonyl (C=O) groups is 1. The fourth-order valence-corrected chi connectivity index (χ4v) is 1.80. The Kier molecular flexibility index (Phi) is 4.15. The van der Waals surface area contributed by atoms with Crippen LogP contribution in [0.4, 0.5) is 0 Å². The second kappa shape index (κ2) is 5.82. The van der Waals surface area contributed by atoms with Crippen molar-refractivity contribution < 1.29 is 9.32 Å². The van der Waals surface area contributed by atoms with E-state index in [1.54, 1.807) is 6.07 Å². The molecule has 1 aromatic heterocycles. The van der Waals surface area contributed by atoms with E-state index < -0.39 is 0 Å². The van der Waals surface area contributed by atoms with Crippen LogP contribution in [0.5, 0.6) is 0 Å².